The SMILES string of the molecule is CCc1ccc2ccc(/C=C/C(C)C(=O)NC(C(=O)NC(C)C(=O)N3CCCC(C(=O)OCC(Cl)(Cl)Cl)N3)C(C)C)cc2n1.COC. The van der Waals surface area contributed by atoms with E-state index in [1.807, 2.05) is 50.3 Å². The van der Waals surface area contributed by atoms with Crippen LogP contribution in [0.2, 0.25) is 0 Å². The van der Waals surface area contributed by atoms with Crippen LogP contribution in [0.25, 0.3) is 17.0 Å². The number of nitrogens with zero attached hydrogens (tertiary/aromatic N) is 2. The molecule has 1 fully saturated rings. The third-order valence-corrected chi connectivity index (χ3v) is 7.55. The van der Waals surface area contributed by atoms with Gasteiger partial charge in [-0.3, -0.25) is 29.2 Å². The number of aryl methyl sites for hydroxylation is 1. The van der Waals surface area contributed by atoms with Gasteiger partial charge in [0.15, 0.2) is 0 Å². The fraction of sp³-hybridized carbons (Fsp3) is 0.545. The molecule has 0 saturated carbocycles. The number of pyridine rings is 1. The van der Waals surface area contributed by atoms with Gasteiger partial charge in [0, 0.05) is 31.8 Å². The van der Waals surface area contributed by atoms with Gasteiger partial charge < -0.3 is 20.1 Å². The van der Waals surface area contributed by atoms with E-state index in [1.165, 1.54) is 5.01 Å². The van der Waals surface area contributed by atoms with Gasteiger partial charge >= 0.3 is 5.97 Å². The number of rotatable bonds is 11. The van der Waals surface area contributed by atoms with Crippen LogP contribution in [0.4, 0.5) is 0 Å². The molecule has 14 heteroatoms. The molecule has 1 aromatic carbocycles. The maximum absolute atomic E-state index is 13.2. The summed E-state index contributed by atoms with van der Waals surface area (Å²) in [6.45, 7) is 8.87. The molecular weight excluding hydrogens is 669 g/mol. The molecule has 11 nitrogen and oxygen atoms in total. The summed E-state index contributed by atoms with van der Waals surface area (Å²) in [6.07, 6.45) is 5.44. The monoisotopic (exact) mass is 713 g/mol. The minimum atomic E-state index is -1.75. The van der Waals surface area contributed by atoms with Crippen molar-refractivity contribution < 1.29 is 28.7 Å². The summed E-state index contributed by atoms with van der Waals surface area (Å²) in [5, 5.41) is 7.83. The van der Waals surface area contributed by atoms with Gasteiger partial charge in [-0.1, -0.05) is 92.8 Å². The van der Waals surface area contributed by atoms with Gasteiger partial charge in [-0.25, -0.2) is 5.43 Å². The van der Waals surface area contributed by atoms with E-state index in [2.05, 4.69) is 32.7 Å². The Kier molecular flexibility index (Phi) is 16.4. The number of halogens is 3. The van der Waals surface area contributed by atoms with Gasteiger partial charge in [0.25, 0.3) is 5.91 Å². The van der Waals surface area contributed by atoms with Crippen molar-refractivity contribution in [1.82, 2.24) is 26.1 Å². The Morgan fingerprint density at radius 1 is 1.06 bits per heavy atom. The number of fused-ring (bicyclic) bond motifs is 1. The summed E-state index contributed by atoms with van der Waals surface area (Å²) >= 11 is 16.9. The van der Waals surface area contributed by atoms with Crippen LogP contribution < -0.4 is 16.1 Å². The molecule has 1 aliphatic rings. The molecule has 1 saturated heterocycles. The lowest BCUT2D eigenvalue weighted by Crippen LogP contribution is -2.61. The van der Waals surface area contributed by atoms with Crippen LogP contribution >= 0.6 is 34.8 Å². The maximum Gasteiger partial charge on any atom is 0.325 e. The smallest absolute Gasteiger partial charge is 0.325 e. The number of alkyl halides is 3. The Morgan fingerprint density at radius 2 is 1.72 bits per heavy atom. The molecule has 47 heavy (non-hydrogen) atoms. The second-order valence-corrected chi connectivity index (χ2v) is 14.2. The standard InChI is InChI=1S/C31H40Cl3N5O5.C2H6O/c1-6-23-14-13-22-12-11-21(16-25(22)36-23)10-9-19(4)27(40)37-26(18(2)3)28(41)35-20(5)29(42)39-15-7-8-24(38-39)30(43)44-17-31(32,33)34;1-3-2/h9-14,16,18-20,24,26,38H,6-8,15,17H2,1-5H3,(H,35,41)(H,37,40);1-2H3/b10-9+;. The van der Waals surface area contributed by atoms with Crippen LogP contribution in [-0.4, -0.2) is 83.0 Å². The lowest BCUT2D eigenvalue weighted by molar-refractivity contribution is -0.152. The Morgan fingerprint density at radius 3 is 2.34 bits per heavy atom. The normalized spacial score (nSPS) is 17.0. The first-order chi connectivity index (χ1) is 22.1. The number of amides is 3. The second kappa shape index (κ2) is 19.1. The van der Waals surface area contributed by atoms with Gasteiger partial charge in [0.2, 0.25) is 15.6 Å². The van der Waals surface area contributed by atoms with Crippen LogP contribution in [0.1, 0.15) is 58.7 Å². The summed E-state index contributed by atoms with van der Waals surface area (Å²) in [6, 6.07) is 7.38. The molecule has 260 valence electrons. The Hall–Kier alpha value is -2.96. The molecule has 4 atom stereocenters. The van der Waals surface area contributed by atoms with E-state index in [4.69, 9.17) is 39.5 Å². The molecule has 2 heterocycles. The van der Waals surface area contributed by atoms with Crippen molar-refractivity contribution in [2.75, 3.05) is 27.4 Å². The fourth-order valence-electron chi connectivity index (χ4n) is 4.61. The number of carbonyl (C=O) groups excluding carboxylic acids is 4. The van der Waals surface area contributed by atoms with Crippen LogP contribution in [0, 0.1) is 11.8 Å². The van der Waals surface area contributed by atoms with E-state index in [0.29, 0.717) is 19.4 Å². The first-order valence-electron chi connectivity index (χ1n) is 15.5. The van der Waals surface area contributed by atoms with E-state index in [9.17, 15) is 19.2 Å². The van der Waals surface area contributed by atoms with Gasteiger partial charge in [0.05, 0.1) is 11.4 Å². The van der Waals surface area contributed by atoms with Crippen molar-refractivity contribution in [2.24, 2.45) is 11.8 Å². The zero-order valence-electron chi connectivity index (χ0n) is 27.9. The number of aromatic nitrogens is 1. The lowest BCUT2D eigenvalue weighted by atomic mass is 10.0. The first-order valence-corrected chi connectivity index (χ1v) is 16.6. The van der Waals surface area contributed by atoms with Crippen molar-refractivity contribution in [2.45, 2.75) is 75.8 Å². The number of methoxy groups -OCH3 is 1. The second-order valence-electron chi connectivity index (χ2n) is 11.7. The number of ether oxygens (including phenoxy) is 2. The zero-order valence-corrected chi connectivity index (χ0v) is 30.2. The van der Waals surface area contributed by atoms with E-state index in [1.54, 1.807) is 34.1 Å². The van der Waals surface area contributed by atoms with Gasteiger partial charge in [-0.2, -0.15) is 0 Å². The first kappa shape index (κ1) is 40.2. The quantitative estimate of drug-likeness (QED) is 0.224. The summed E-state index contributed by atoms with van der Waals surface area (Å²) in [4.78, 5) is 56.4. The summed E-state index contributed by atoms with van der Waals surface area (Å²) in [5.41, 5.74) is 5.64. The fourth-order valence-corrected chi connectivity index (χ4v) is 4.77. The number of hydrogen-bond acceptors (Lipinski definition) is 8. The molecular formula is C33H46Cl3N5O6. The summed E-state index contributed by atoms with van der Waals surface area (Å²) in [7, 11) is 3.25. The largest absolute Gasteiger partial charge is 0.460 e. The van der Waals surface area contributed by atoms with Crippen molar-refractivity contribution in [3.63, 3.8) is 0 Å². The zero-order chi connectivity index (χ0) is 35.3. The number of carbonyl (C=O) groups is 4. The molecule has 0 aliphatic carbocycles. The molecule has 3 N–H and O–H groups in total. The lowest BCUT2D eigenvalue weighted by Gasteiger charge is -2.34. The topological polar surface area (TPSA) is 139 Å². The molecule has 0 spiro atoms. The van der Waals surface area contributed by atoms with Gasteiger partial charge in [-0.15, -0.1) is 0 Å². The molecule has 2 aromatic rings. The highest BCUT2D eigenvalue weighted by Crippen LogP contribution is 2.26. The Balaban J connectivity index is 0.00000246. The third-order valence-electron chi connectivity index (χ3n) is 7.22. The minimum Gasteiger partial charge on any atom is -0.460 e. The minimum absolute atomic E-state index is 0.248. The molecule has 0 radical (unpaired) electrons. The predicted octanol–water partition coefficient (Wildman–Crippen LogP) is 4.76. The molecule has 3 rings (SSSR count). The van der Waals surface area contributed by atoms with E-state index in [-0.39, 0.29) is 11.8 Å². The van der Waals surface area contributed by atoms with Gasteiger partial charge in [-0.05, 0) is 49.8 Å². The highest BCUT2D eigenvalue weighted by Gasteiger charge is 2.34. The number of hydrogen-bond donors (Lipinski definition) is 3. The number of esters is 1. The van der Waals surface area contributed by atoms with E-state index in [0.717, 1.165) is 28.6 Å². The number of hydrazine groups is 1. The highest BCUT2D eigenvalue weighted by atomic mass is 35.6. The summed E-state index contributed by atoms with van der Waals surface area (Å²) in [5.74, 6) is -2.69. The van der Waals surface area contributed by atoms with Crippen molar-refractivity contribution in [1.29, 1.82) is 0 Å². The number of nitrogens with one attached hydrogen (secondary N) is 3. The van der Waals surface area contributed by atoms with Crippen LogP contribution in [-0.2, 0) is 35.1 Å². The van der Waals surface area contributed by atoms with Crippen molar-refractivity contribution in [3.05, 3.63) is 47.7 Å². The van der Waals surface area contributed by atoms with E-state index < -0.39 is 52.2 Å². The maximum atomic E-state index is 13.2. The molecule has 1 aromatic heterocycles. The predicted molar refractivity (Wildman–Crippen MR) is 186 cm³/mol. The molecule has 3 amide bonds. The Labute approximate surface area is 292 Å². The Bertz CT molecular complexity index is 1400. The molecule has 0 bridgehead atoms. The number of benzene rings is 1. The highest BCUT2D eigenvalue weighted by molar-refractivity contribution is 6.67. The molecule has 1 aliphatic heterocycles. The van der Waals surface area contributed by atoms with E-state index >= 15 is 0 Å². The molecule has 4 unspecified atom stereocenters. The average molecular weight is 715 g/mol. The third kappa shape index (κ3) is 13.2. The van der Waals surface area contributed by atoms with Gasteiger partial charge in [0.1, 0.15) is 24.7 Å². The average Bonchev–Trinajstić information content (AvgIpc) is 3.03. The van der Waals surface area contributed by atoms with Crippen molar-refractivity contribution >= 4 is 75.5 Å². The van der Waals surface area contributed by atoms with Crippen LogP contribution in [0.3, 0.4) is 0 Å². The summed E-state index contributed by atoms with van der Waals surface area (Å²) < 4.78 is 7.53. The van der Waals surface area contributed by atoms with Crippen molar-refractivity contribution in [3.8, 4) is 0 Å². The van der Waals surface area contributed by atoms with Crippen LogP contribution in [0.5, 0.6) is 0 Å². The van der Waals surface area contributed by atoms with Crippen LogP contribution in [0.15, 0.2) is 36.4 Å².